The monoisotopic (exact) mass is 363 g/mol. The second-order valence-electron chi connectivity index (χ2n) is 6.62. The number of hydrogen-bond acceptors (Lipinski definition) is 4. The summed E-state index contributed by atoms with van der Waals surface area (Å²) < 4.78 is 0. The zero-order valence-electron chi connectivity index (χ0n) is 14.4. The van der Waals surface area contributed by atoms with E-state index < -0.39 is 0 Å². The van der Waals surface area contributed by atoms with Crippen molar-refractivity contribution in [1.29, 1.82) is 0 Å². The van der Waals surface area contributed by atoms with Gasteiger partial charge in [0.2, 0.25) is 5.95 Å². The Balaban J connectivity index is 1.60. The maximum Gasteiger partial charge on any atom is 0.227 e. The molecule has 0 saturated carbocycles. The lowest BCUT2D eigenvalue weighted by Crippen LogP contribution is -2.21. The Morgan fingerprint density at radius 3 is 2.50 bits per heavy atom. The highest BCUT2D eigenvalue weighted by Crippen LogP contribution is 2.32. The van der Waals surface area contributed by atoms with E-state index in [-0.39, 0.29) is 11.7 Å². The first-order chi connectivity index (χ1) is 12.6. The van der Waals surface area contributed by atoms with Gasteiger partial charge in [-0.05, 0) is 49.1 Å². The Labute approximate surface area is 157 Å². The van der Waals surface area contributed by atoms with Gasteiger partial charge in [-0.2, -0.15) is 0 Å². The smallest absolute Gasteiger partial charge is 0.227 e. The van der Waals surface area contributed by atoms with Gasteiger partial charge >= 0.3 is 0 Å². The molecule has 1 heterocycles. The molecule has 5 heteroatoms. The summed E-state index contributed by atoms with van der Waals surface area (Å²) in [6.07, 6.45) is 2.83. The first-order valence-corrected chi connectivity index (χ1v) is 8.94. The Kier molecular flexibility index (Phi) is 4.43. The van der Waals surface area contributed by atoms with Crippen LogP contribution in [0.3, 0.4) is 0 Å². The highest BCUT2D eigenvalue weighted by molar-refractivity contribution is 6.30. The fourth-order valence-corrected chi connectivity index (χ4v) is 3.37. The maximum atomic E-state index is 12.5. The standard InChI is InChI=1S/C21H18ClN3O/c1-13-2-8-17(9-3-13)24-21-23-12-18-19(25-21)10-15(11-20(18)26)14-4-6-16(22)7-5-14/h2-9,12,15H,10-11H2,1H3,(H,23,24,25). The minimum Gasteiger partial charge on any atom is -0.324 e. The van der Waals surface area contributed by atoms with E-state index in [2.05, 4.69) is 15.3 Å². The van der Waals surface area contributed by atoms with Crippen LogP contribution < -0.4 is 5.32 Å². The molecule has 0 amide bonds. The van der Waals surface area contributed by atoms with Gasteiger partial charge in [0.1, 0.15) is 0 Å². The number of carbonyl (C=O) groups is 1. The second-order valence-corrected chi connectivity index (χ2v) is 7.06. The fraction of sp³-hybridized carbons (Fsp3) is 0.190. The Hall–Kier alpha value is -2.72. The molecule has 0 spiro atoms. The zero-order chi connectivity index (χ0) is 18.1. The molecule has 1 aliphatic carbocycles. The van der Waals surface area contributed by atoms with E-state index in [1.54, 1.807) is 6.20 Å². The average Bonchev–Trinajstić information content (AvgIpc) is 2.64. The van der Waals surface area contributed by atoms with Crippen LogP contribution in [-0.2, 0) is 6.42 Å². The third-order valence-corrected chi connectivity index (χ3v) is 4.94. The number of nitrogens with zero attached hydrogens (tertiary/aromatic N) is 2. The molecule has 3 aromatic rings. The molecule has 1 aliphatic rings. The second kappa shape index (κ2) is 6.89. The fourth-order valence-electron chi connectivity index (χ4n) is 3.24. The van der Waals surface area contributed by atoms with Crippen LogP contribution in [0.15, 0.2) is 54.7 Å². The third kappa shape index (κ3) is 3.46. The van der Waals surface area contributed by atoms with Crippen molar-refractivity contribution in [1.82, 2.24) is 9.97 Å². The predicted octanol–water partition coefficient (Wildman–Crippen LogP) is 5.09. The van der Waals surface area contributed by atoms with Crippen molar-refractivity contribution in [3.63, 3.8) is 0 Å². The van der Waals surface area contributed by atoms with Gasteiger partial charge in [-0.3, -0.25) is 4.79 Å². The van der Waals surface area contributed by atoms with Crippen molar-refractivity contribution in [2.45, 2.75) is 25.7 Å². The molecule has 0 radical (unpaired) electrons. The predicted molar refractivity (Wildman–Crippen MR) is 103 cm³/mol. The molecule has 1 aromatic heterocycles. The van der Waals surface area contributed by atoms with Crippen LogP contribution in [0, 0.1) is 6.92 Å². The molecule has 4 nitrogen and oxygen atoms in total. The van der Waals surface area contributed by atoms with E-state index in [0.717, 1.165) is 16.9 Å². The molecular weight excluding hydrogens is 346 g/mol. The van der Waals surface area contributed by atoms with Gasteiger partial charge < -0.3 is 5.32 Å². The molecule has 1 unspecified atom stereocenters. The minimum absolute atomic E-state index is 0.0908. The number of carbonyl (C=O) groups excluding carboxylic acids is 1. The van der Waals surface area contributed by atoms with Gasteiger partial charge in [0.25, 0.3) is 0 Å². The summed E-state index contributed by atoms with van der Waals surface area (Å²) in [7, 11) is 0. The van der Waals surface area contributed by atoms with Gasteiger partial charge in [-0.15, -0.1) is 0 Å². The third-order valence-electron chi connectivity index (χ3n) is 4.69. The maximum absolute atomic E-state index is 12.5. The van der Waals surface area contributed by atoms with Gasteiger partial charge in [0.05, 0.1) is 11.3 Å². The summed E-state index contributed by atoms with van der Waals surface area (Å²) in [5.74, 6) is 0.722. The number of halogens is 1. The van der Waals surface area contributed by atoms with Gasteiger partial charge in [0.15, 0.2) is 5.78 Å². The van der Waals surface area contributed by atoms with Crippen molar-refractivity contribution in [2.75, 3.05) is 5.32 Å². The van der Waals surface area contributed by atoms with E-state index in [1.807, 2.05) is 55.5 Å². The molecular formula is C21H18ClN3O. The van der Waals surface area contributed by atoms with Crippen LogP contribution in [0.25, 0.3) is 0 Å². The average molecular weight is 364 g/mol. The van der Waals surface area contributed by atoms with Crippen molar-refractivity contribution >= 4 is 29.0 Å². The Morgan fingerprint density at radius 1 is 1.04 bits per heavy atom. The SMILES string of the molecule is Cc1ccc(Nc2ncc3c(n2)CC(c2ccc(Cl)cc2)CC3=O)cc1. The largest absolute Gasteiger partial charge is 0.324 e. The number of anilines is 2. The zero-order valence-corrected chi connectivity index (χ0v) is 15.1. The number of Topliss-reactive ketones (excluding diaryl/α,β-unsaturated/α-hetero) is 1. The van der Waals surface area contributed by atoms with E-state index in [1.165, 1.54) is 5.56 Å². The Bertz CT molecular complexity index is 952. The van der Waals surface area contributed by atoms with Crippen LogP contribution in [0.4, 0.5) is 11.6 Å². The molecule has 0 saturated heterocycles. The first kappa shape index (κ1) is 16.7. The highest BCUT2D eigenvalue weighted by Gasteiger charge is 2.28. The van der Waals surface area contributed by atoms with Crippen molar-refractivity contribution in [3.05, 3.63) is 82.1 Å². The van der Waals surface area contributed by atoms with Crippen LogP contribution in [0.1, 0.15) is 39.5 Å². The number of hydrogen-bond donors (Lipinski definition) is 1. The summed E-state index contributed by atoms with van der Waals surface area (Å²) >= 11 is 5.97. The molecule has 0 bridgehead atoms. The van der Waals surface area contributed by atoms with Crippen molar-refractivity contribution < 1.29 is 4.79 Å². The number of aryl methyl sites for hydroxylation is 1. The summed E-state index contributed by atoms with van der Waals surface area (Å²) in [5, 5.41) is 3.90. The van der Waals surface area contributed by atoms with Crippen molar-refractivity contribution in [3.8, 4) is 0 Å². The number of fused-ring (bicyclic) bond motifs is 1. The van der Waals surface area contributed by atoms with E-state index in [9.17, 15) is 4.79 Å². The lowest BCUT2D eigenvalue weighted by molar-refractivity contribution is 0.0962. The number of aromatic nitrogens is 2. The lowest BCUT2D eigenvalue weighted by Gasteiger charge is -2.23. The van der Waals surface area contributed by atoms with E-state index >= 15 is 0 Å². The molecule has 4 rings (SSSR count). The number of nitrogens with one attached hydrogen (secondary N) is 1. The van der Waals surface area contributed by atoms with Gasteiger partial charge in [-0.25, -0.2) is 9.97 Å². The topological polar surface area (TPSA) is 54.9 Å². The quantitative estimate of drug-likeness (QED) is 0.703. The van der Waals surface area contributed by atoms with Crippen LogP contribution in [0.2, 0.25) is 5.02 Å². The summed E-state index contributed by atoms with van der Waals surface area (Å²) in [6.45, 7) is 2.04. The molecule has 2 aromatic carbocycles. The van der Waals surface area contributed by atoms with E-state index in [0.29, 0.717) is 29.4 Å². The molecule has 1 N–H and O–H groups in total. The molecule has 26 heavy (non-hydrogen) atoms. The van der Waals surface area contributed by atoms with Crippen LogP contribution >= 0.6 is 11.6 Å². The normalized spacial score (nSPS) is 16.2. The highest BCUT2D eigenvalue weighted by atomic mass is 35.5. The lowest BCUT2D eigenvalue weighted by atomic mass is 9.82. The Morgan fingerprint density at radius 2 is 1.77 bits per heavy atom. The first-order valence-electron chi connectivity index (χ1n) is 8.57. The molecule has 0 fully saturated rings. The van der Waals surface area contributed by atoms with Gasteiger partial charge in [0, 0.05) is 23.3 Å². The van der Waals surface area contributed by atoms with Crippen LogP contribution in [0.5, 0.6) is 0 Å². The molecule has 130 valence electrons. The summed E-state index contributed by atoms with van der Waals surface area (Å²) in [4.78, 5) is 21.4. The van der Waals surface area contributed by atoms with Crippen LogP contribution in [-0.4, -0.2) is 15.8 Å². The summed E-state index contributed by atoms with van der Waals surface area (Å²) in [6, 6.07) is 15.7. The van der Waals surface area contributed by atoms with Crippen molar-refractivity contribution in [2.24, 2.45) is 0 Å². The summed E-state index contributed by atoms with van der Waals surface area (Å²) in [5.41, 5.74) is 4.65. The molecule has 1 atom stereocenters. The van der Waals surface area contributed by atoms with E-state index in [4.69, 9.17) is 11.6 Å². The number of benzene rings is 2. The molecule has 0 aliphatic heterocycles. The minimum atomic E-state index is 0.0908. The number of rotatable bonds is 3. The van der Waals surface area contributed by atoms with Gasteiger partial charge in [-0.1, -0.05) is 41.4 Å². The number of ketones is 1.